The zero-order chi connectivity index (χ0) is 111. The fourth-order valence-corrected chi connectivity index (χ4v) is 16.1. The lowest BCUT2D eigenvalue weighted by atomic mass is 10.4. The fourth-order valence-electron chi connectivity index (χ4n) is 5.57. The van der Waals surface area contributed by atoms with E-state index in [1.165, 1.54) is 0 Å². The lowest BCUT2D eigenvalue weighted by Gasteiger charge is -2.29. The minimum absolute atomic E-state index is 0.146. The van der Waals surface area contributed by atoms with Crippen LogP contribution in [0.15, 0.2) is 205 Å². The third-order valence-electron chi connectivity index (χ3n) is 11.1. The summed E-state index contributed by atoms with van der Waals surface area (Å²) in [7, 11) is -104. The summed E-state index contributed by atoms with van der Waals surface area (Å²) >= 11 is 0.146. The van der Waals surface area contributed by atoms with E-state index in [1.807, 2.05) is 4.74 Å². The molecule has 6 heterocycles. The normalized spacial score (nSPS) is 13.4. The fraction of sp³-hybridized carbons (Fsp3) is 0.100. The number of pyridine rings is 1. The number of thiophene rings is 1. The molecule has 8 rings (SSSR count). The smallest absolute Gasteiger partial charge is 0.455 e. The van der Waals surface area contributed by atoms with Crippen molar-refractivity contribution in [3.63, 3.8) is 0 Å². The van der Waals surface area contributed by atoms with Gasteiger partial charge < -0.3 is 95.5 Å². The van der Waals surface area contributed by atoms with E-state index in [4.69, 9.17) is 0 Å². The van der Waals surface area contributed by atoms with Crippen molar-refractivity contribution < 1.29 is 304 Å². The van der Waals surface area contributed by atoms with E-state index in [1.54, 1.807) is 0 Å². The Morgan fingerprint density at radius 2 is 0.496 bits per heavy atom. The van der Waals surface area contributed by atoms with Crippen molar-refractivity contribution in [2.45, 2.75) is 100 Å². The Morgan fingerprint density at radius 1 is 0.237 bits per heavy atom. The van der Waals surface area contributed by atoms with Crippen molar-refractivity contribution >= 4 is 214 Å². The van der Waals surface area contributed by atoms with Crippen LogP contribution in [0, 0.1) is 0 Å². The Bertz CT molecular complexity index is 7320. The number of benzene rings is 2. The summed E-state index contributed by atoms with van der Waals surface area (Å²) in [4.78, 5) is 19.8. The van der Waals surface area contributed by atoms with Crippen molar-refractivity contribution in [2.24, 2.45) is 0 Å². The topological polar surface area (TPSA) is 1270 Å². The highest BCUT2D eigenvalue weighted by Gasteiger charge is 2.66. The van der Waals surface area contributed by atoms with Crippen LogP contribution in [0.2, 0.25) is 0 Å². The van der Waals surface area contributed by atoms with Gasteiger partial charge in [0, 0.05) is 18.5 Å². The number of hydrogen-bond acceptors (Lipinski definition) is 71. The molecule has 139 heavy (non-hydrogen) atoms. The lowest BCUT2D eigenvalue weighted by molar-refractivity contribution is -0.300. The van der Waals surface area contributed by atoms with Crippen molar-refractivity contribution in [1.82, 2.24) is 39.9 Å². The zero-order valence-electron chi connectivity index (χ0n) is 62.0. The highest BCUT2D eigenvalue weighted by atomic mass is 32.3. The van der Waals surface area contributed by atoms with Crippen LogP contribution in [-0.4, -0.2) is 321 Å². The molecule has 0 aliphatic heterocycles. The molecule has 2 aromatic carbocycles. The van der Waals surface area contributed by atoms with Crippen LogP contribution in [-0.2, 0) is 207 Å². The first kappa shape index (κ1) is 132. The van der Waals surface area contributed by atoms with Gasteiger partial charge in [-0.1, -0.05) is 12.1 Å². The summed E-state index contributed by atoms with van der Waals surface area (Å²) in [6.07, 6.45) is 1.87. The van der Waals surface area contributed by atoms with Crippen LogP contribution in [0.5, 0.6) is 0 Å². The molecule has 0 saturated heterocycles. The van der Waals surface area contributed by atoms with Gasteiger partial charge >= 0.3 is 21.4 Å². The number of ether oxygens (including phenoxy) is 1. The molecular formula is C40H20F8N8O62S21-20. The summed E-state index contributed by atoms with van der Waals surface area (Å²) in [6.45, 7) is 0. The SMILES string of the molecule is O=S(=O)([O-])C(F)(F)C(F)(F)S(=O)(=O)[O-].O=S(=O)([O-])C(F)(F)OC(F)(F)S(=O)(=O)[O-].O=S(=O)([O-])c1cc(S(=O)(=O)[O-])ncn1.O=S(=O)([O-])c1ccc(S(=O)(=O)[O-])cc1.O=S(=O)([O-])c1ccc(S(=O)(=O)[O-])o1.O=S(=O)([O-])c1ccc(S(=O)(=O)[O-])s1.O=S(=O)([O-])c1cccc(S(=O)(=O)[O-])c1.O=S(=O)([O-])c1cccc(S(=O)(=O)[O-])n1.O=S(=O)([O-])c1cnc(S(=O)(=O)[O-])nc1.O=S(=O)([O-])c1ncnc(S(=O)(=O)[O-])n1. The van der Waals surface area contributed by atoms with E-state index in [9.17, 15) is 295 Å². The Morgan fingerprint density at radius 3 is 0.705 bits per heavy atom. The van der Waals surface area contributed by atoms with E-state index in [0.29, 0.717) is 49.3 Å². The first-order valence-electron chi connectivity index (χ1n) is 28.7. The lowest BCUT2D eigenvalue weighted by Crippen LogP contribution is -2.51. The number of halogens is 8. The van der Waals surface area contributed by atoms with E-state index in [-0.39, 0.29) is 11.3 Å². The maximum atomic E-state index is 12.0. The molecule has 0 amide bonds. The van der Waals surface area contributed by atoms with Gasteiger partial charge in [-0.2, -0.15) is 40.1 Å². The summed E-state index contributed by atoms with van der Waals surface area (Å²) < 4.78 is 712. The van der Waals surface area contributed by atoms with Gasteiger partial charge in [-0.25, -0.2) is 208 Å². The standard InChI is InChI=1S/2C6H6O6S2.C5H5NO6S2.2C4H4N2O6S2.C4H4O7S2.C4H4O6S3.C3H3N3O6S2.C2H2F4O7S2.C2H2F4O6S2/c7-13(8,9)5-1-2-6(4-3-5)14(10,11)12;7-13(8,9)5-2-1-3-6(4-5)14(10,11)12;7-13(8,9)4-2-1-3-5(6-4)14(10,11)12;7-13(8,9)3-1-4(6-2-5-3)14(10,11)12;7-13(8,9)3-1-5-4(6-2-3)14(10,11)12;2*5-12(6,7)3-1-2-4(11-3)13(8,9)10;7-13(8,9)2-4-1-5-3(6-2)14(10,11)12;3-1(4,14(7,8)9)13-2(5,6)15(10,11)12;3-1(4,13(7,8)9)2(5,6)14(10,11)12/h2*1-4H,(H,7,8,9)(H,10,11,12);1-3H,(H,7,8,9)(H,10,11,12);2*1-2H,(H,7,8,9)(H,10,11,12);2*1-2H,(H,5,6,7)(H,8,9,10);1H,(H,7,8,9)(H,10,11,12);(H,7,8,9)(H,10,11,12);(H,7,8,9)(H,10,11,12)/p-20. The molecule has 0 spiro atoms. The number of nitrogens with zero attached hydrogens (tertiary/aromatic N) is 8. The molecular weight excluding hydrogens is 2410 g/mol. The summed E-state index contributed by atoms with van der Waals surface area (Å²) in [6, 6.07) is 12.1. The van der Waals surface area contributed by atoms with Crippen molar-refractivity contribution in [2.75, 3.05) is 0 Å². The number of aromatic nitrogens is 8. The highest BCUT2D eigenvalue weighted by Crippen LogP contribution is 2.42. The first-order chi connectivity index (χ1) is 60.6. The van der Waals surface area contributed by atoms with Crippen molar-refractivity contribution in [3.8, 4) is 0 Å². The summed E-state index contributed by atoms with van der Waals surface area (Å²) in [5.41, 5.74) is -12.1. The van der Waals surface area contributed by atoms with Gasteiger partial charge in [0.15, 0.2) is 91.1 Å². The predicted octanol–water partition coefficient (Wildman–Crippen LogP) is -10.8. The van der Waals surface area contributed by atoms with Crippen LogP contribution < -0.4 is 0 Å². The van der Waals surface area contributed by atoms with Gasteiger partial charge in [0.25, 0.3) is 0 Å². The zero-order valence-corrected chi connectivity index (χ0v) is 79.2. The number of rotatable bonds is 23. The third kappa shape index (κ3) is 44.8. The van der Waals surface area contributed by atoms with Gasteiger partial charge in [0.1, 0.15) is 152 Å². The monoisotopic (exact) mass is 2430 g/mol. The molecule has 0 bridgehead atoms. The van der Waals surface area contributed by atoms with Crippen LogP contribution in [0.3, 0.4) is 0 Å². The summed E-state index contributed by atoms with van der Waals surface area (Å²) in [5.74, 6) is 0. The minimum Gasteiger partial charge on any atom is -0.744 e. The van der Waals surface area contributed by atoms with Crippen LogP contribution in [0.4, 0.5) is 35.1 Å². The molecule has 70 nitrogen and oxygen atoms in total. The molecule has 0 N–H and O–H groups in total. The second-order valence-corrected chi connectivity index (χ2v) is 49.6. The van der Waals surface area contributed by atoms with Crippen LogP contribution >= 0.6 is 11.3 Å². The molecule has 0 radical (unpaired) electrons. The first-order valence-corrected chi connectivity index (χ1v) is 57.7. The quantitative estimate of drug-likeness (QED) is 0.0248. The molecule has 8 aromatic rings. The van der Waals surface area contributed by atoms with E-state index < -0.39 is 302 Å². The molecule has 6 aromatic heterocycles. The minimum atomic E-state index is -6.96. The predicted molar refractivity (Wildman–Crippen MR) is 371 cm³/mol. The van der Waals surface area contributed by atoms with Gasteiger partial charge in [-0.05, 0) is 78.9 Å². The number of furan rings is 1. The van der Waals surface area contributed by atoms with Crippen molar-refractivity contribution in [1.29, 1.82) is 0 Å². The number of hydrogen-bond donors (Lipinski definition) is 0. The molecule has 0 saturated carbocycles. The average molecular weight is 2430 g/mol. The Kier molecular flexibility index (Phi) is 44.2. The Labute approximate surface area is 773 Å². The molecule has 0 fully saturated rings. The van der Waals surface area contributed by atoms with E-state index in [0.717, 1.165) is 72.8 Å². The average Bonchev–Trinajstić information content (AvgIpc) is 1.70. The van der Waals surface area contributed by atoms with E-state index in [2.05, 4.69) is 44.3 Å². The Hall–Kier alpha value is -8.66. The van der Waals surface area contributed by atoms with Crippen LogP contribution in [0.1, 0.15) is 0 Å². The van der Waals surface area contributed by atoms with Crippen molar-refractivity contribution in [3.05, 3.63) is 122 Å². The van der Waals surface area contributed by atoms with Crippen LogP contribution in [0.25, 0.3) is 0 Å². The number of alkyl halides is 8. The van der Waals surface area contributed by atoms with Gasteiger partial charge in [0.2, 0.25) is 25.7 Å². The van der Waals surface area contributed by atoms with E-state index >= 15 is 0 Å². The molecule has 0 unspecified atom stereocenters. The third-order valence-corrected chi connectivity index (χ3v) is 28.5. The molecule has 99 heteroatoms. The maximum Gasteiger partial charge on any atom is 0.455 e. The van der Waals surface area contributed by atoms with Gasteiger partial charge in [-0.3, -0.25) is 0 Å². The second-order valence-electron chi connectivity index (χ2n) is 21.0. The largest absolute Gasteiger partial charge is 0.744 e. The molecule has 0 aliphatic carbocycles. The van der Waals surface area contributed by atoms with Gasteiger partial charge in [-0.15, -0.1) is 11.3 Å². The second kappa shape index (κ2) is 46.4. The van der Waals surface area contributed by atoms with Gasteiger partial charge in [0.05, 0.1) is 24.5 Å². The highest BCUT2D eigenvalue weighted by molar-refractivity contribution is 7.92. The molecule has 0 atom stereocenters. The molecule has 0 aliphatic rings. The Balaban J connectivity index is 0. The molecule has 794 valence electrons. The summed E-state index contributed by atoms with van der Waals surface area (Å²) in [5, 5.41) is -23.0. The maximum absolute atomic E-state index is 12.0.